The summed E-state index contributed by atoms with van der Waals surface area (Å²) in [6.07, 6.45) is 4.30. The van der Waals surface area contributed by atoms with Gasteiger partial charge in [-0.2, -0.15) is 0 Å². The van der Waals surface area contributed by atoms with Gasteiger partial charge >= 0.3 is 6.03 Å². The van der Waals surface area contributed by atoms with Crippen molar-refractivity contribution >= 4 is 11.7 Å². The Balaban J connectivity index is 1.61. The van der Waals surface area contributed by atoms with Crippen LogP contribution in [-0.4, -0.2) is 38.7 Å². The van der Waals surface area contributed by atoms with E-state index in [1.54, 1.807) is 21.9 Å². The highest BCUT2D eigenvalue weighted by Gasteiger charge is 2.38. The second-order valence-electron chi connectivity index (χ2n) is 5.82. The van der Waals surface area contributed by atoms with Gasteiger partial charge in [0.25, 0.3) is 0 Å². The Bertz CT molecular complexity index is 690. The lowest BCUT2D eigenvalue weighted by Crippen LogP contribution is -2.47. The molecule has 2 heterocycles. The third-order valence-corrected chi connectivity index (χ3v) is 4.21. The van der Waals surface area contributed by atoms with Gasteiger partial charge in [-0.3, -0.25) is 0 Å². The van der Waals surface area contributed by atoms with E-state index >= 15 is 0 Å². The van der Waals surface area contributed by atoms with Gasteiger partial charge in [0, 0.05) is 51.1 Å². The van der Waals surface area contributed by atoms with Gasteiger partial charge in [-0.25, -0.2) is 14.2 Å². The van der Waals surface area contributed by atoms with E-state index in [1.165, 1.54) is 24.3 Å². The second-order valence-corrected chi connectivity index (χ2v) is 5.82. The number of piperidine rings is 1. The highest BCUT2D eigenvalue weighted by molar-refractivity contribution is 5.89. The number of rotatable bonds is 2. The molecule has 1 saturated heterocycles. The Kier molecular flexibility index (Phi) is 4.04. The molecule has 0 aliphatic carbocycles. The molecule has 3 rings (SSSR count). The number of aliphatic hydroxyl groups is 1. The first kappa shape index (κ1) is 15.5. The topological polar surface area (TPSA) is 70.4 Å². The molecule has 1 aliphatic rings. The standard InChI is InChI=1S/C16H19FN4O2/c1-20-11-8-18-14(20)16(23)6-9-21(10-7-16)15(22)19-13-4-2-12(17)3-5-13/h2-5,8,11,23H,6-7,9-10H2,1H3,(H,19,22). The summed E-state index contributed by atoms with van der Waals surface area (Å²) in [5.41, 5.74) is -0.466. The van der Waals surface area contributed by atoms with Gasteiger partial charge in [-0.1, -0.05) is 0 Å². The Morgan fingerprint density at radius 2 is 1.96 bits per heavy atom. The summed E-state index contributed by atoms with van der Waals surface area (Å²) in [5.74, 6) is 0.275. The fourth-order valence-electron chi connectivity index (χ4n) is 2.85. The summed E-state index contributed by atoms with van der Waals surface area (Å²) in [7, 11) is 1.84. The van der Waals surface area contributed by atoms with Crippen LogP contribution >= 0.6 is 0 Å². The van der Waals surface area contributed by atoms with E-state index in [2.05, 4.69) is 10.3 Å². The van der Waals surface area contributed by atoms with Gasteiger partial charge in [0.15, 0.2) is 0 Å². The Hall–Kier alpha value is -2.41. The zero-order valence-electron chi connectivity index (χ0n) is 12.9. The molecule has 1 fully saturated rings. The summed E-state index contributed by atoms with van der Waals surface area (Å²) < 4.78 is 14.7. The molecule has 0 unspecified atom stereocenters. The van der Waals surface area contributed by atoms with Crippen LogP contribution in [0.4, 0.5) is 14.9 Å². The maximum absolute atomic E-state index is 12.9. The molecule has 7 heteroatoms. The quantitative estimate of drug-likeness (QED) is 0.890. The molecule has 0 bridgehead atoms. The van der Waals surface area contributed by atoms with Crippen molar-refractivity contribution in [3.8, 4) is 0 Å². The first-order valence-electron chi connectivity index (χ1n) is 7.50. The molecule has 0 radical (unpaired) electrons. The average molecular weight is 318 g/mol. The minimum Gasteiger partial charge on any atom is -0.382 e. The van der Waals surface area contributed by atoms with E-state index in [0.717, 1.165) is 0 Å². The number of hydrogen-bond acceptors (Lipinski definition) is 3. The predicted molar refractivity (Wildman–Crippen MR) is 83.3 cm³/mol. The van der Waals surface area contributed by atoms with Crippen LogP contribution in [0.25, 0.3) is 0 Å². The number of hydrogen-bond donors (Lipinski definition) is 2. The summed E-state index contributed by atoms with van der Waals surface area (Å²) in [4.78, 5) is 18.1. The number of halogens is 1. The number of benzene rings is 1. The van der Waals surface area contributed by atoms with Crippen molar-refractivity contribution in [2.75, 3.05) is 18.4 Å². The first-order chi connectivity index (χ1) is 11.0. The zero-order chi connectivity index (χ0) is 16.4. The number of nitrogens with one attached hydrogen (secondary N) is 1. The highest BCUT2D eigenvalue weighted by Crippen LogP contribution is 2.31. The minimum atomic E-state index is -1.01. The third-order valence-electron chi connectivity index (χ3n) is 4.21. The van der Waals surface area contributed by atoms with E-state index in [9.17, 15) is 14.3 Å². The molecule has 0 spiro atoms. The first-order valence-corrected chi connectivity index (χ1v) is 7.50. The van der Waals surface area contributed by atoms with Crippen molar-refractivity contribution < 1.29 is 14.3 Å². The summed E-state index contributed by atoms with van der Waals surface area (Å²) in [6.45, 7) is 0.854. The largest absolute Gasteiger partial charge is 0.382 e. The summed E-state index contributed by atoms with van der Waals surface area (Å²) in [5, 5.41) is 13.5. The molecule has 23 heavy (non-hydrogen) atoms. The molecule has 2 amide bonds. The molecule has 0 atom stereocenters. The lowest BCUT2D eigenvalue weighted by Gasteiger charge is -2.37. The molecule has 1 aliphatic heterocycles. The number of aryl methyl sites for hydroxylation is 1. The van der Waals surface area contributed by atoms with Crippen molar-refractivity contribution in [1.29, 1.82) is 0 Å². The highest BCUT2D eigenvalue weighted by atomic mass is 19.1. The van der Waals surface area contributed by atoms with Crippen LogP contribution in [-0.2, 0) is 12.6 Å². The molecule has 2 N–H and O–H groups in total. The van der Waals surface area contributed by atoms with Crippen LogP contribution in [0.15, 0.2) is 36.7 Å². The number of urea groups is 1. The van der Waals surface area contributed by atoms with Gasteiger partial charge < -0.3 is 19.9 Å². The van der Waals surface area contributed by atoms with E-state index in [1.807, 2.05) is 7.05 Å². The monoisotopic (exact) mass is 318 g/mol. The molecule has 1 aromatic carbocycles. The SMILES string of the molecule is Cn1ccnc1C1(O)CCN(C(=O)Nc2ccc(F)cc2)CC1. The average Bonchev–Trinajstić information content (AvgIpc) is 2.97. The molecule has 6 nitrogen and oxygen atoms in total. The number of anilines is 1. The van der Waals surface area contributed by atoms with Crippen LogP contribution in [0.3, 0.4) is 0 Å². The molecule has 1 aromatic heterocycles. The Labute approximate surface area is 133 Å². The van der Waals surface area contributed by atoms with Crippen LogP contribution < -0.4 is 5.32 Å². The van der Waals surface area contributed by atoms with E-state index in [4.69, 9.17) is 0 Å². The van der Waals surface area contributed by atoms with Crippen LogP contribution in [0.1, 0.15) is 18.7 Å². The maximum atomic E-state index is 12.9. The zero-order valence-corrected chi connectivity index (χ0v) is 12.9. The number of nitrogens with zero attached hydrogens (tertiary/aromatic N) is 3. The van der Waals surface area contributed by atoms with Crippen molar-refractivity contribution in [2.45, 2.75) is 18.4 Å². The molecule has 2 aromatic rings. The second kappa shape index (κ2) is 6.00. The summed E-state index contributed by atoms with van der Waals surface area (Å²) in [6, 6.07) is 5.37. The van der Waals surface area contributed by atoms with Gasteiger partial charge in [0.1, 0.15) is 17.2 Å². The predicted octanol–water partition coefficient (Wildman–Crippen LogP) is 2.07. The Morgan fingerprint density at radius 1 is 1.30 bits per heavy atom. The fraction of sp³-hybridized carbons (Fsp3) is 0.375. The lowest BCUT2D eigenvalue weighted by molar-refractivity contribution is -0.0251. The number of aromatic nitrogens is 2. The van der Waals surface area contributed by atoms with E-state index in [-0.39, 0.29) is 11.8 Å². The normalized spacial score (nSPS) is 17.1. The number of imidazole rings is 1. The minimum absolute atomic E-state index is 0.251. The van der Waals surface area contributed by atoms with Crippen molar-refractivity contribution in [2.24, 2.45) is 7.05 Å². The smallest absolute Gasteiger partial charge is 0.321 e. The van der Waals surface area contributed by atoms with Crippen LogP contribution in [0.5, 0.6) is 0 Å². The maximum Gasteiger partial charge on any atom is 0.321 e. The summed E-state index contributed by atoms with van der Waals surface area (Å²) >= 11 is 0. The lowest BCUT2D eigenvalue weighted by atomic mass is 9.90. The van der Waals surface area contributed by atoms with Crippen LogP contribution in [0.2, 0.25) is 0 Å². The van der Waals surface area contributed by atoms with E-state index in [0.29, 0.717) is 37.4 Å². The Morgan fingerprint density at radius 3 is 2.52 bits per heavy atom. The van der Waals surface area contributed by atoms with Gasteiger partial charge in [-0.05, 0) is 24.3 Å². The van der Waals surface area contributed by atoms with Gasteiger partial charge in [-0.15, -0.1) is 0 Å². The molecular formula is C16H19FN4O2. The fourth-order valence-corrected chi connectivity index (χ4v) is 2.85. The van der Waals surface area contributed by atoms with E-state index < -0.39 is 5.60 Å². The number of carbonyl (C=O) groups excluding carboxylic acids is 1. The number of carbonyl (C=O) groups is 1. The molecule has 122 valence electrons. The molecular weight excluding hydrogens is 299 g/mol. The van der Waals surface area contributed by atoms with Crippen LogP contribution in [0, 0.1) is 5.82 Å². The van der Waals surface area contributed by atoms with Crippen molar-refractivity contribution in [1.82, 2.24) is 14.5 Å². The number of amides is 2. The van der Waals surface area contributed by atoms with Crippen molar-refractivity contribution in [3.63, 3.8) is 0 Å². The van der Waals surface area contributed by atoms with Crippen molar-refractivity contribution in [3.05, 3.63) is 48.3 Å². The third kappa shape index (κ3) is 3.19. The van der Waals surface area contributed by atoms with Gasteiger partial charge in [0.05, 0.1) is 0 Å². The number of likely N-dealkylation sites (tertiary alicyclic amines) is 1. The van der Waals surface area contributed by atoms with Gasteiger partial charge in [0.2, 0.25) is 0 Å². The molecule has 0 saturated carbocycles.